The zero-order chi connectivity index (χ0) is 18.6. The van der Waals surface area contributed by atoms with E-state index < -0.39 is 23.3 Å². The molecule has 3 aromatic rings. The Kier molecular flexibility index (Phi) is 3.60. The summed E-state index contributed by atoms with van der Waals surface area (Å²) in [6.45, 7) is 0. The molecule has 0 saturated heterocycles. The SMILES string of the molecule is [B]C(O)(O)Oc1cc2ncc(-c3nc(N)c(F)cc3F)n2nc1C1CC1. The van der Waals surface area contributed by atoms with Crippen molar-refractivity contribution >= 4 is 19.3 Å². The highest BCUT2D eigenvalue weighted by Gasteiger charge is 2.32. The summed E-state index contributed by atoms with van der Waals surface area (Å²) in [5.41, 5.74) is 6.00. The summed E-state index contributed by atoms with van der Waals surface area (Å²) in [5.74, 6) is -5.13. The van der Waals surface area contributed by atoms with Crippen molar-refractivity contribution in [2.45, 2.75) is 24.6 Å². The number of hydrogen-bond acceptors (Lipinski definition) is 7. The molecule has 0 aromatic carbocycles. The Hall–Kier alpha value is -2.79. The number of anilines is 1. The van der Waals surface area contributed by atoms with Gasteiger partial charge in [-0.15, -0.1) is 0 Å². The molecular weight excluding hydrogens is 347 g/mol. The lowest BCUT2D eigenvalue weighted by Crippen LogP contribution is -2.36. The monoisotopic (exact) mass is 359 g/mol. The second-order valence-electron chi connectivity index (χ2n) is 6.03. The average molecular weight is 359 g/mol. The lowest BCUT2D eigenvalue weighted by atomic mass is 10.1. The maximum atomic E-state index is 14.2. The lowest BCUT2D eigenvalue weighted by molar-refractivity contribution is -0.224. The maximum absolute atomic E-state index is 14.2. The second kappa shape index (κ2) is 5.61. The Bertz CT molecular complexity index is 1020. The molecule has 0 unspecified atom stereocenters. The zero-order valence-corrected chi connectivity index (χ0v) is 13.2. The van der Waals surface area contributed by atoms with E-state index in [4.69, 9.17) is 18.3 Å². The molecule has 0 spiro atoms. The van der Waals surface area contributed by atoms with Gasteiger partial charge in [0.15, 0.2) is 28.8 Å². The van der Waals surface area contributed by atoms with Crippen molar-refractivity contribution in [3.05, 3.63) is 35.7 Å². The van der Waals surface area contributed by atoms with Gasteiger partial charge >= 0.3 is 0 Å². The molecule has 8 nitrogen and oxygen atoms in total. The van der Waals surface area contributed by atoms with E-state index in [1.807, 2.05) is 0 Å². The Morgan fingerprint density at radius 1 is 1.27 bits per heavy atom. The molecule has 4 rings (SSSR count). The van der Waals surface area contributed by atoms with E-state index in [1.165, 1.54) is 16.8 Å². The molecule has 11 heteroatoms. The third-order valence-corrected chi connectivity index (χ3v) is 3.91. The lowest BCUT2D eigenvalue weighted by Gasteiger charge is -2.20. The quantitative estimate of drug-likeness (QED) is 0.463. The molecule has 4 N–H and O–H groups in total. The summed E-state index contributed by atoms with van der Waals surface area (Å²) in [5, 5.41) is 22.9. The van der Waals surface area contributed by atoms with Crippen LogP contribution < -0.4 is 10.5 Å². The summed E-state index contributed by atoms with van der Waals surface area (Å²) < 4.78 is 33.8. The van der Waals surface area contributed by atoms with E-state index >= 15 is 0 Å². The number of ether oxygens (including phenoxy) is 1. The average Bonchev–Trinajstić information content (AvgIpc) is 3.30. The normalized spacial score (nSPS) is 14.8. The van der Waals surface area contributed by atoms with Crippen LogP contribution in [0.1, 0.15) is 24.5 Å². The van der Waals surface area contributed by atoms with Crippen molar-refractivity contribution in [1.29, 1.82) is 0 Å². The number of pyridine rings is 1. The molecule has 0 aliphatic heterocycles. The van der Waals surface area contributed by atoms with E-state index in [0.29, 0.717) is 11.8 Å². The number of rotatable bonds is 4. The molecular formula is C15H12BF2N5O3. The number of halogens is 2. The molecule has 0 atom stereocenters. The number of imidazole rings is 1. The first-order chi connectivity index (χ1) is 12.2. The van der Waals surface area contributed by atoms with Crippen molar-refractivity contribution < 1.29 is 23.7 Å². The van der Waals surface area contributed by atoms with Crippen molar-refractivity contribution in [3.8, 4) is 17.1 Å². The highest BCUT2D eigenvalue weighted by Crippen LogP contribution is 2.44. The van der Waals surface area contributed by atoms with E-state index in [0.717, 1.165) is 12.8 Å². The summed E-state index contributed by atoms with van der Waals surface area (Å²) >= 11 is 0. The fourth-order valence-corrected chi connectivity index (χ4v) is 2.62. The van der Waals surface area contributed by atoms with Crippen LogP contribution >= 0.6 is 0 Å². The number of nitrogens with zero attached hydrogens (tertiary/aromatic N) is 4. The van der Waals surface area contributed by atoms with Crippen LogP contribution in [0.15, 0.2) is 18.3 Å². The van der Waals surface area contributed by atoms with Gasteiger partial charge in [-0.05, 0) is 12.8 Å². The molecule has 1 aliphatic rings. The Labute approximate surface area is 146 Å². The van der Waals surface area contributed by atoms with Crippen LogP contribution in [-0.2, 0) is 0 Å². The number of hydrogen-bond donors (Lipinski definition) is 3. The van der Waals surface area contributed by atoms with Crippen molar-refractivity contribution in [2.24, 2.45) is 0 Å². The second-order valence-corrected chi connectivity index (χ2v) is 6.03. The number of fused-ring (bicyclic) bond motifs is 1. The Morgan fingerprint density at radius 2 is 2.00 bits per heavy atom. The predicted octanol–water partition coefficient (Wildman–Crippen LogP) is 0.672. The number of nitrogens with two attached hydrogens (primary N) is 1. The van der Waals surface area contributed by atoms with Crippen LogP contribution in [0.2, 0.25) is 0 Å². The third kappa shape index (κ3) is 2.95. The van der Waals surface area contributed by atoms with Gasteiger partial charge in [0.2, 0.25) is 7.85 Å². The Balaban J connectivity index is 1.89. The molecule has 132 valence electrons. The van der Waals surface area contributed by atoms with Crippen LogP contribution in [0.25, 0.3) is 17.0 Å². The van der Waals surface area contributed by atoms with Gasteiger partial charge in [0.05, 0.1) is 6.20 Å². The van der Waals surface area contributed by atoms with E-state index in [2.05, 4.69) is 15.1 Å². The standard InChI is InChI=1S/C15H12BF2N5O3/c16-15(24,25)26-10-4-11-20-5-9(23(11)22-12(10)6-1-2-6)13-7(17)3-8(18)14(19)21-13/h3-6,24-25H,1-2H2,(H2,19,21). The number of aromatic nitrogens is 4. The summed E-state index contributed by atoms with van der Waals surface area (Å²) in [4.78, 5) is 7.81. The fraction of sp³-hybridized carbons (Fsp3) is 0.267. The third-order valence-electron chi connectivity index (χ3n) is 3.91. The first kappa shape index (κ1) is 16.7. The summed E-state index contributed by atoms with van der Waals surface area (Å²) in [6.07, 6.45) is 2.94. The Morgan fingerprint density at radius 3 is 2.65 bits per heavy atom. The van der Waals surface area contributed by atoms with Gasteiger partial charge in [0.25, 0.3) is 5.87 Å². The molecule has 1 fully saturated rings. The minimum atomic E-state index is -2.88. The highest BCUT2D eigenvalue weighted by atomic mass is 19.1. The first-order valence-electron chi connectivity index (χ1n) is 7.66. The van der Waals surface area contributed by atoms with Gasteiger partial charge in [0, 0.05) is 18.1 Å². The van der Waals surface area contributed by atoms with Crippen LogP contribution in [0.5, 0.6) is 5.75 Å². The minimum Gasteiger partial charge on any atom is -0.447 e. The van der Waals surface area contributed by atoms with Gasteiger partial charge in [0.1, 0.15) is 17.1 Å². The molecule has 1 saturated carbocycles. The van der Waals surface area contributed by atoms with Crippen LogP contribution in [-0.4, -0.2) is 43.5 Å². The van der Waals surface area contributed by atoms with E-state index in [-0.39, 0.29) is 28.7 Å². The fourth-order valence-electron chi connectivity index (χ4n) is 2.62. The van der Waals surface area contributed by atoms with Gasteiger partial charge < -0.3 is 20.7 Å². The molecule has 1 aliphatic carbocycles. The predicted molar refractivity (Wildman–Crippen MR) is 86.1 cm³/mol. The molecule has 0 amide bonds. The van der Waals surface area contributed by atoms with Crippen LogP contribution in [0.3, 0.4) is 0 Å². The number of nitrogen functional groups attached to an aromatic ring is 1. The van der Waals surface area contributed by atoms with Gasteiger partial charge in [-0.2, -0.15) is 5.10 Å². The zero-order valence-electron chi connectivity index (χ0n) is 13.2. The van der Waals surface area contributed by atoms with Crippen molar-refractivity contribution in [1.82, 2.24) is 19.6 Å². The summed E-state index contributed by atoms with van der Waals surface area (Å²) in [6, 6.07) is 2.03. The van der Waals surface area contributed by atoms with Gasteiger partial charge in [-0.25, -0.2) is 23.3 Å². The van der Waals surface area contributed by atoms with E-state index in [1.54, 1.807) is 0 Å². The first-order valence-corrected chi connectivity index (χ1v) is 7.66. The molecule has 2 radical (unpaired) electrons. The smallest absolute Gasteiger partial charge is 0.259 e. The van der Waals surface area contributed by atoms with Crippen molar-refractivity contribution in [2.75, 3.05) is 5.73 Å². The van der Waals surface area contributed by atoms with Crippen LogP contribution in [0.4, 0.5) is 14.6 Å². The molecule has 26 heavy (non-hydrogen) atoms. The topological polar surface area (TPSA) is 119 Å². The molecule has 3 aromatic heterocycles. The maximum Gasteiger partial charge on any atom is 0.259 e. The largest absolute Gasteiger partial charge is 0.447 e. The summed E-state index contributed by atoms with van der Waals surface area (Å²) in [7, 11) is 5.07. The highest BCUT2D eigenvalue weighted by molar-refractivity contribution is 6.12. The van der Waals surface area contributed by atoms with E-state index in [9.17, 15) is 19.0 Å². The van der Waals surface area contributed by atoms with Crippen LogP contribution in [0, 0.1) is 11.6 Å². The van der Waals surface area contributed by atoms with Gasteiger partial charge in [-0.3, -0.25) is 0 Å². The van der Waals surface area contributed by atoms with Crippen molar-refractivity contribution in [3.63, 3.8) is 0 Å². The minimum absolute atomic E-state index is 0.0306. The van der Waals surface area contributed by atoms with Gasteiger partial charge in [-0.1, -0.05) is 0 Å². The molecule has 3 heterocycles. The number of aliphatic hydroxyl groups is 2. The molecule has 0 bridgehead atoms.